The summed E-state index contributed by atoms with van der Waals surface area (Å²) in [5.41, 5.74) is 3.52. The first-order chi connectivity index (χ1) is 11.8. The van der Waals surface area contributed by atoms with Crippen molar-refractivity contribution in [2.24, 2.45) is 0 Å². The molecule has 0 spiro atoms. The minimum Gasteiger partial charge on any atom is -0.349 e. The number of carbonyl (C=O) groups excluding carboxylic acids is 2. The Balaban J connectivity index is 1.93. The summed E-state index contributed by atoms with van der Waals surface area (Å²) in [6.45, 7) is 7.38. The van der Waals surface area contributed by atoms with E-state index in [2.05, 4.69) is 16.8 Å². The third-order valence-corrected chi connectivity index (χ3v) is 4.49. The minimum absolute atomic E-state index is 0.0598. The summed E-state index contributed by atoms with van der Waals surface area (Å²) in [5.74, 6) is -0.0729. The summed E-state index contributed by atoms with van der Waals surface area (Å²) in [6.07, 6.45) is 0. The van der Waals surface area contributed by atoms with Crippen molar-refractivity contribution in [2.75, 3.05) is 25.5 Å². The summed E-state index contributed by atoms with van der Waals surface area (Å²) in [4.78, 5) is 25.5. The highest BCUT2D eigenvalue weighted by Crippen LogP contribution is 2.15. The number of Topliss-reactive ketones (excluding diaryl/α,β-unsaturated/α-hetero) is 1. The molecule has 0 radical (unpaired) electrons. The normalized spacial score (nSPS) is 12.0. The van der Waals surface area contributed by atoms with E-state index < -0.39 is 0 Å². The average molecular weight is 363 g/mol. The molecule has 0 saturated carbocycles. The molecule has 0 fully saturated rings. The van der Waals surface area contributed by atoms with E-state index >= 15 is 0 Å². The van der Waals surface area contributed by atoms with Gasteiger partial charge >= 0.3 is 0 Å². The lowest BCUT2D eigenvalue weighted by molar-refractivity contribution is -0.861. The van der Waals surface area contributed by atoms with Crippen molar-refractivity contribution in [3.05, 3.63) is 52.3 Å². The number of nitrogens with zero attached hydrogens (tertiary/aromatic N) is 1. The zero-order valence-electron chi connectivity index (χ0n) is 15.1. The van der Waals surface area contributed by atoms with Gasteiger partial charge in [-0.25, -0.2) is 0 Å². The molecule has 2 N–H and O–H groups in total. The van der Waals surface area contributed by atoms with E-state index in [-0.39, 0.29) is 24.8 Å². The van der Waals surface area contributed by atoms with Gasteiger partial charge in [-0.15, -0.1) is 0 Å². The quantitative estimate of drug-likeness (QED) is 0.741. The predicted molar refractivity (Wildman–Crippen MR) is 101 cm³/mol. The van der Waals surface area contributed by atoms with Gasteiger partial charge in [0.15, 0.2) is 6.54 Å². The maximum atomic E-state index is 12.6. The van der Waals surface area contributed by atoms with E-state index in [1.54, 1.807) is 24.3 Å². The van der Waals surface area contributed by atoms with Crippen LogP contribution in [0.4, 0.5) is 5.69 Å². The molecule has 0 bridgehead atoms. The van der Waals surface area contributed by atoms with Crippen molar-refractivity contribution >= 4 is 29.0 Å². The molecule has 6 heteroatoms. The second-order valence-corrected chi connectivity index (χ2v) is 6.75. The number of aryl methyl sites for hydroxylation is 1. The molecule has 134 valence electrons. The highest BCUT2D eigenvalue weighted by atomic mass is 35.5. The standard InChI is InChI=1S/C19H24ClN3O2/c1-5-23-13(2)10-17(14(23)3)18(24)11-22(4)12-19(25)21-16-8-6-15(20)7-9-16/h6-10H,5,11-12H2,1-4H3,(H,21,25)/p+1. The van der Waals surface area contributed by atoms with Crippen molar-refractivity contribution in [1.29, 1.82) is 0 Å². The van der Waals surface area contributed by atoms with Crippen molar-refractivity contribution in [3.8, 4) is 0 Å². The second kappa shape index (κ2) is 8.32. The van der Waals surface area contributed by atoms with E-state index in [0.29, 0.717) is 10.7 Å². The highest BCUT2D eigenvalue weighted by molar-refractivity contribution is 6.30. The number of hydrogen-bond donors (Lipinski definition) is 2. The second-order valence-electron chi connectivity index (χ2n) is 6.32. The molecule has 5 nitrogen and oxygen atoms in total. The van der Waals surface area contributed by atoms with Gasteiger partial charge in [-0.3, -0.25) is 9.59 Å². The first-order valence-electron chi connectivity index (χ1n) is 8.38. The molecule has 2 aromatic rings. The fraction of sp³-hybridized carbons (Fsp3) is 0.368. The van der Waals surface area contributed by atoms with E-state index in [9.17, 15) is 9.59 Å². The van der Waals surface area contributed by atoms with Gasteiger partial charge in [-0.2, -0.15) is 0 Å². The first kappa shape index (κ1) is 19.2. The molecule has 1 heterocycles. The van der Waals surface area contributed by atoms with Crippen LogP contribution < -0.4 is 10.2 Å². The van der Waals surface area contributed by atoms with Crippen molar-refractivity contribution < 1.29 is 14.5 Å². The lowest BCUT2D eigenvalue weighted by atomic mass is 10.1. The van der Waals surface area contributed by atoms with Gasteiger partial charge in [0.05, 0.1) is 7.05 Å². The lowest BCUT2D eigenvalue weighted by Gasteiger charge is -2.13. The van der Waals surface area contributed by atoms with Crippen LogP contribution in [0.5, 0.6) is 0 Å². The van der Waals surface area contributed by atoms with Crippen LogP contribution in [0.2, 0.25) is 5.02 Å². The molecular formula is C19H25ClN3O2+. The van der Waals surface area contributed by atoms with Crippen molar-refractivity contribution in [3.63, 3.8) is 0 Å². The van der Waals surface area contributed by atoms with Crippen LogP contribution in [0.15, 0.2) is 30.3 Å². The number of aromatic nitrogens is 1. The molecule has 0 aliphatic carbocycles. The zero-order chi connectivity index (χ0) is 18.6. The van der Waals surface area contributed by atoms with Gasteiger partial charge in [0.25, 0.3) is 5.91 Å². The third kappa shape index (κ3) is 4.94. The van der Waals surface area contributed by atoms with Gasteiger partial charge < -0.3 is 14.8 Å². The highest BCUT2D eigenvalue weighted by Gasteiger charge is 2.20. The molecule has 0 aliphatic rings. The third-order valence-electron chi connectivity index (χ3n) is 4.24. The van der Waals surface area contributed by atoms with Gasteiger partial charge in [0, 0.05) is 34.2 Å². The van der Waals surface area contributed by atoms with Crippen LogP contribution in [-0.2, 0) is 11.3 Å². The lowest BCUT2D eigenvalue weighted by Crippen LogP contribution is -3.11. The molecule has 1 aromatic heterocycles. The average Bonchev–Trinajstić information content (AvgIpc) is 2.83. The summed E-state index contributed by atoms with van der Waals surface area (Å²) >= 11 is 5.83. The summed E-state index contributed by atoms with van der Waals surface area (Å²) < 4.78 is 2.12. The number of rotatable bonds is 7. The van der Waals surface area contributed by atoms with Crippen LogP contribution in [0.25, 0.3) is 0 Å². The van der Waals surface area contributed by atoms with E-state index in [4.69, 9.17) is 11.6 Å². The SMILES string of the molecule is CCn1c(C)cc(C(=O)C[NH+](C)CC(=O)Nc2ccc(Cl)cc2)c1C. The Labute approximate surface area is 153 Å². The predicted octanol–water partition coefficient (Wildman–Crippen LogP) is 2.11. The number of carbonyl (C=O) groups is 2. The molecule has 25 heavy (non-hydrogen) atoms. The maximum absolute atomic E-state index is 12.6. The van der Waals surface area contributed by atoms with E-state index in [1.165, 1.54) is 0 Å². The Kier molecular flexibility index (Phi) is 6.39. The molecule has 1 amide bonds. The Bertz CT molecular complexity index is 766. The van der Waals surface area contributed by atoms with Gasteiger partial charge in [0.1, 0.15) is 6.54 Å². The first-order valence-corrected chi connectivity index (χ1v) is 8.76. The van der Waals surface area contributed by atoms with Crippen LogP contribution in [0.3, 0.4) is 0 Å². The topological polar surface area (TPSA) is 55.5 Å². The van der Waals surface area contributed by atoms with Crippen molar-refractivity contribution in [2.45, 2.75) is 27.3 Å². The molecular weight excluding hydrogens is 338 g/mol. The Morgan fingerprint density at radius 1 is 1.16 bits per heavy atom. The number of ketones is 1. The van der Waals surface area contributed by atoms with E-state index in [1.807, 2.05) is 27.0 Å². The molecule has 1 unspecified atom stereocenters. The van der Waals surface area contributed by atoms with Crippen LogP contribution in [-0.4, -0.2) is 36.4 Å². The summed E-state index contributed by atoms with van der Waals surface area (Å²) in [7, 11) is 1.85. The number of likely N-dealkylation sites (N-methyl/N-ethyl adjacent to an activating group) is 1. The zero-order valence-corrected chi connectivity index (χ0v) is 15.9. The maximum Gasteiger partial charge on any atom is 0.279 e. The minimum atomic E-state index is -0.133. The largest absolute Gasteiger partial charge is 0.349 e. The number of nitrogens with one attached hydrogen (secondary N) is 2. The molecule has 0 saturated heterocycles. The monoisotopic (exact) mass is 362 g/mol. The number of amides is 1. The number of benzene rings is 1. The Morgan fingerprint density at radius 3 is 2.36 bits per heavy atom. The van der Waals surface area contributed by atoms with Gasteiger partial charge in [0.2, 0.25) is 5.78 Å². The van der Waals surface area contributed by atoms with E-state index in [0.717, 1.165) is 28.4 Å². The number of anilines is 1. The molecule has 1 aromatic carbocycles. The number of hydrogen-bond acceptors (Lipinski definition) is 2. The smallest absolute Gasteiger partial charge is 0.279 e. The number of quaternary nitrogens is 1. The van der Waals surface area contributed by atoms with Gasteiger partial charge in [-0.1, -0.05) is 11.6 Å². The number of halogens is 1. The van der Waals surface area contributed by atoms with Gasteiger partial charge in [-0.05, 0) is 51.1 Å². The van der Waals surface area contributed by atoms with Crippen molar-refractivity contribution in [1.82, 2.24) is 4.57 Å². The molecule has 2 rings (SSSR count). The summed E-state index contributed by atoms with van der Waals surface area (Å²) in [6, 6.07) is 8.88. The summed E-state index contributed by atoms with van der Waals surface area (Å²) in [5, 5.41) is 3.43. The van der Waals surface area contributed by atoms with Crippen LogP contribution >= 0.6 is 11.6 Å². The Hall–Kier alpha value is -2.11. The van der Waals surface area contributed by atoms with Crippen LogP contribution in [0.1, 0.15) is 28.7 Å². The fourth-order valence-corrected chi connectivity index (χ4v) is 3.14. The molecule has 1 atom stereocenters. The Morgan fingerprint density at radius 2 is 1.80 bits per heavy atom. The molecule has 0 aliphatic heterocycles. The van der Waals surface area contributed by atoms with Crippen LogP contribution in [0, 0.1) is 13.8 Å². The fourth-order valence-electron chi connectivity index (χ4n) is 3.01.